The maximum atomic E-state index is 10.8. The molecule has 0 heterocycles. The SMILES string of the molecule is Cc1ccc(COC(=O)CP)cc1. The van der Waals surface area contributed by atoms with Crippen molar-refractivity contribution in [3.63, 3.8) is 0 Å². The standard InChI is InChI=1S/C10H13O2P/c1-8-2-4-9(5-3-8)6-12-10(11)7-13/h2-5H,6-7,13H2,1H3. The fourth-order valence-electron chi connectivity index (χ4n) is 0.907. The molecule has 1 aromatic rings. The predicted molar refractivity (Wildman–Crippen MR) is 55.6 cm³/mol. The van der Waals surface area contributed by atoms with E-state index in [1.54, 1.807) is 0 Å². The van der Waals surface area contributed by atoms with Crippen LogP contribution in [-0.4, -0.2) is 12.1 Å². The first-order valence-corrected chi connectivity index (χ1v) is 4.95. The zero-order valence-corrected chi connectivity index (χ0v) is 8.77. The molecule has 0 radical (unpaired) electrons. The van der Waals surface area contributed by atoms with Gasteiger partial charge in [0.05, 0.1) is 6.16 Å². The van der Waals surface area contributed by atoms with Gasteiger partial charge in [-0.1, -0.05) is 29.8 Å². The van der Waals surface area contributed by atoms with Gasteiger partial charge >= 0.3 is 5.97 Å². The molecule has 0 saturated carbocycles. The van der Waals surface area contributed by atoms with E-state index in [1.807, 2.05) is 31.2 Å². The van der Waals surface area contributed by atoms with Crippen LogP contribution in [0.4, 0.5) is 0 Å². The van der Waals surface area contributed by atoms with E-state index in [0.717, 1.165) is 5.56 Å². The van der Waals surface area contributed by atoms with Crippen LogP contribution in [0.15, 0.2) is 24.3 Å². The van der Waals surface area contributed by atoms with E-state index < -0.39 is 0 Å². The van der Waals surface area contributed by atoms with Crippen LogP contribution >= 0.6 is 9.24 Å². The molecule has 1 unspecified atom stereocenters. The topological polar surface area (TPSA) is 26.3 Å². The Bertz CT molecular complexity index is 279. The summed E-state index contributed by atoms with van der Waals surface area (Å²) in [7, 11) is 2.34. The molecule has 0 fully saturated rings. The van der Waals surface area contributed by atoms with Crippen molar-refractivity contribution in [2.75, 3.05) is 6.16 Å². The summed E-state index contributed by atoms with van der Waals surface area (Å²) in [4.78, 5) is 10.8. The summed E-state index contributed by atoms with van der Waals surface area (Å²) in [6, 6.07) is 7.94. The molecule has 0 spiro atoms. The summed E-state index contributed by atoms with van der Waals surface area (Å²) in [5, 5.41) is 0. The molecular formula is C10H13O2P. The van der Waals surface area contributed by atoms with Crippen molar-refractivity contribution in [2.24, 2.45) is 0 Å². The Balaban J connectivity index is 2.46. The lowest BCUT2D eigenvalue weighted by Crippen LogP contribution is -2.04. The number of ether oxygens (including phenoxy) is 1. The number of carbonyl (C=O) groups is 1. The van der Waals surface area contributed by atoms with Gasteiger partial charge in [0.2, 0.25) is 0 Å². The maximum Gasteiger partial charge on any atom is 0.309 e. The molecule has 1 rings (SSSR count). The van der Waals surface area contributed by atoms with Crippen LogP contribution in [0.3, 0.4) is 0 Å². The number of carbonyl (C=O) groups excluding carboxylic acids is 1. The lowest BCUT2D eigenvalue weighted by atomic mass is 10.2. The van der Waals surface area contributed by atoms with E-state index in [-0.39, 0.29) is 5.97 Å². The van der Waals surface area contributed by atoms with Crippen molar-refractivity contribution in [2.45, 2.75) is 13.5 Å². The molecule has 0 aliphatic carbocycles. The summed E-state index contributed by atoms with van der Waals surface area (Å²) < 4.78 is 4.96. The van der Waals surface area contributed by atoms with E-state index >= 15 is 0 Å². The fourth-order valence-corrected chi connectivity index (χ4v) is 1.02. The first-order chi connectivity index (χ1) is 6.22. The average Bonchev–Trinajstić information content (AvgIpc) is 2.16. The largest absolute Gasteiger partial charge is 0.461 e. The van der Waals surface area contributed by atoms with Gasteiger partial charge in [-0.15, -0.1) is 9.24 Å². The van der Waals surface area contributed by atoms with Gasteiger partial charge in [0.15, 0.2) is 0 Å². The molecular weight excluding hydrogens is 183 g/mol. The molecule has 3 heteroatoms. The van der Waals surface area contributed by atoms with Gasteiger partial charge in [-0.3, -0.25) is 4.79 Å². The molecule has 0 aliphatic heterocycles. The molecule has 13 heavy (non-hydrogen) atoms. The van der Waals surface area contributed by atoms with Gasteiger partial charge in [0, 0.05) is 0 Å². The molecule has 1 aromatic carbocycles. The van der Waals surface area contributed by atoms with Crippen LogP contribution in [0.25, 0.3) is 0 Å². The van der Waals surface area contributed by atoms with Gasteiger partial charge in [0.25, 0.3) is 0 Å². The van der Waals surface area contributed by atoms with Crippen molar-refractivity contribution < 1.29 is 9.53 Å². The fraction of sp³-hybridized carbons (Fsp3) is 0.300. The Kier molecular flexibility index (Phi) is 3.91. The van der Waals surface area contributed by atoms with E-state index in [0.29, 0.717) is 12.8 Å². The van der Waals surface area contributed by atoms with E-state index in [9.17, 15) is 4.79 Å². The first kappa shape index (κ1) is 10.2. The number of hydrogen-bond acceptors (Lipinski definition) is 2. The number of hydrogen-bond donors (Lipinski definition) is 0. The monoisotopic (exact) mass is 196 g/mol. The molecule has 0 N–H and O–H groups in total. The second-order valence-corrected chi connectivity index (χ2v) is 3.26. The van der Waals surface area contributed by atoms with Crippen LogP contribution in [0, 0.1) is 6.92 Å². The Morgan fingerprint density at radius 1 is 1.38 bits per heavy atom. The lowest BCUT2D eigenvalue weighted by Gasteiger charge is -2.03. The van der Waals surface area contributed by atoms with Crippen LogP contribution in [0.5, 0.6) is 0 Å². The molecule has 70 valence electrons. The van der Waals surface area contributed by atoms with Crippen LogP contribution in [-0.2, 0) is 16.1 Å². The second kappa shape index (κ2) is 4.98. The smallest absolute Gasteiger partial charge is 0.309 e. The van der Waals surface area contributed by atoms with Crippen molar-refractivity contribution >= 4 is 15.2 Å². The number of rotatable bonds is 3. The minimum Gasteiger partial charge on any atom is -0.461 e. The number of benzene rings is 1. The average molecular weight is 196 g/mol. The van der Waals surface area contributed by atoms with Crippen LogP contribution in [0.1, 0.15) is 11.1 Å². The van der Waals surface area contributed by atoms with E-state index in [1.165, 1.54) is 5.56 Å². The minimum atomic E-state index is -0.189. The van der Waals surface area contributed by atoms with Crippen molar-refractivity contribution in [3.8, 4) is 0 Å². The third-order valence-electron chi connectivity index (χ3n) is 1.69. The minimum absolute atomic E-state index is 0.189. The number of esters is 1. The highest BCUT2D eigenvalue weighted by atomic mass is 31.0. The Hall–Kier alpha value is -0.880. The zero-order valence-electron chi connectivity index (χ0n) is 7.62. The molecule has 0 saturated heterocycles. The highest BCUT2D eigenvalue weighted by molar-refractivity contribution is 7.18. The van der Waals surface area contributed by atoms with Crippen molar-refractivity contribution in [3.05, 3.63) is 35.4 Å². The van der Waals surface area contributed by atoms with Crippen molar-refractivity contribution in [1.29, 1.82) is 0 Å². The number of aryl methyl sites for hydroxylation is 1. The third kappa shape index (κ3) is 3.56. The lowest BCUT2D eigenvalue weighted by molar-refractivity contribution is -0.141. The quantitative estimate of drug-likeness (QED) is 0.545. The van der Waals surface area contributed by atoms with Crippen molar-refractivity contribution in [1.82, 2.24) is 0 Å². The molecule has 0 aliphatic rings. The first-order valence-electron chi connectivity index (χ1n) is 4.13. The summed E-state index contributed by atoms with van der Waals surface area (Å²) in [6.45, 7) is 2.39. The zero-order chi connectivity index (χ0) is 9.68. The molecule has 0 amide bonds. The van der Waals surface area contributed by atoms with Gasteiger partial charge in [-0.2, -0.15) is 0 Å². The second-order valence-electron chi connectivity index (χ2n) is 2.85. The molecule has 1 atom stereocenters. The van der Waals surface area contributed by atoms with Crippen LogP contribution in [0.2, 0.25) is 0 Å². The maximum absolute atomic E-state index is 10.8. The van der Waals surface area contributed by atoms with Gasteiger partial charge in [-0.05, 0) is 12.5 Å². The predicted octanol–water partition coefficient (Wildman–Crippen LogP) is 1.91. The van der Waals surface area contributed by atoms with E-state index in [2.05, 4.69) is 9.24 Å². The summed E-state index contributed by atoms with van der Waals surface area (Å²) in [5.41, 5.74) is 2.23. The highest BCUT2D eigenvalue weighted by Gasteiger charge is 1.98. The Morgan fingerprint density at radius 2 is 2.00 bits per heavy atom. The van der Waals surface area contributed by atoms with Gasteiger partial charge < -0.3 is 4.74 Å². The highest BCUT2D eigenvalue weighted by Crippen LogP contribution is 2.04. The summed E-state index contributed by atoms with van der Waals surface area (Å²) >= 11 is 0. The molecule has 2 nitrogen and oxygen atoms in total. The van der Waals surface area contributed by atoms with Gasteiger partial charge in [-0.25, -0.2) is 0 Å². The normalized spacial score (nSPS) is 9.69. The Morgan fingerprint density at radius 3 is 2.54 bits per heavy atom. The summed E-state index contributed by atoms with van der Waals surface area (Å²) in [6.07, 6.45) is 0.353. The summed E-state index contributed by atoms with van der Waals surface area (Å²) in [5.74, 6) is -0.189. The molecule has 0 aromatic heterocycles. The Labute approximate surface area is 80.5 Å². The van der Waals surface area contributed by atoms with E-state index in [4.69, 9.17) is 4.74 Å². The third-order valence-corrected chi connectivity index (χ3v) is 2.02. The molecule has 0 bridgehead atoms. The van der Waals surface area contributed by atoms with Crippen LogP contribution < -0.4 is 0 Å². The van der Waals surface area contributed by atoms with Gasteiger partial charge in [0.1, 0.15) is 6.61 Å².